The van der Waals surface area contributed by atoms with E-state index in [0.29, 0.717) is 6.04 Å². The first-order valence-corrected chi connectivity index (χ1v) is 6.66. The van der Waals surface area contributed by atoms with Crippen molar-refractivity contribution in [3.05, 3.63) is 0 Å². The second-order valence-electron chi connectivity index (χ2n) is 5.83. The summed E-state index contributed by atoms with van der Waals surface area (Å²) in [7, 11) is 0. The molecule has 2 aliphatic rings. The molecule has 0 aromatic rings. The Morgan fingerprint density at radius 1 is 1.07 bits per heavy atom. The van der Waals surface area contributed by atoms with Gasteiger partial charge in [0.25, 0.3) is 0 Å². The molecule has 0 radical (unpaired) electrons. The van der Waals surface area contributed by atoms with Crippen LogP contribution in [-0.2, 0) is 0 Å². The van der Waals surface area contributed by atoms with Crippen molar-refractivity contribution >= 4 is 0 Å². The fourth-order valence-corrected chi connectivity index (χ4v) is 3.46. The highest BCUT2D eigenvalue weighted by Gasteiger charge is 2.33. The van der Waals surface area contributed by atoms with E-state index in [4.69, 9.17) is 5.73 Å². The fraction of sp³-hybridized carbons (Fsp3) is 1.00. The maximum absolute atomic E-state index is 5.92. The molecule has 1 aliphatic carbocycles. The van der Waals surface area contributed by atoms with E-state index in [1.54, 1.807) is 0 Å². The van der Waals surface area contributed by atoms with Crippen LogP contribution in [0.2, 0.25) is 0 Å². The zero-order chi connectivity index (χ0) is 10.8. The molecule has 4 unspecified atom stereocenters. The second-order valence-corrected chi connectivity index (χ2v) is 5.83. The van der Waals surface area contributed by atoms with Crippen LogP contribution in [0.25, 0.3) is 0 Å². The molecule has 2 N–H and O–H groups in total. The molecule has 0 bridgehead atoms. The monoisotopic (exact) mass is 210 g/mol. The fourth-order valence-electron chi connectivity index (χ4n) is 3.46. The lowest BCUT2D eigenvalue weighted by molar-refractivity contribution is 0.0769. The summed E-state index contributed by atoms with van der Waals surface area (Å²) in [6.45, 7) is 6.91. The van der Waals surface area contributed by atoms with E-state index in [2.05, 4.69) is 18.7 Å². The molecule has 1 heterocycles. The quantitative estimate of drug-likeness (QED) is 0.757. The van der Waals surface area contributed by atoms with Crippen LogP contribution in [0.5, 0.6) is 0 Å². The molecule has 4 atom stereocenters. The summed E-state index contributed by atoms with van der Waals surface area (Å²) in [5.41, 5.74) is 5.92. The van der Waals surface area contributed by atoms with Gasteiger partial charge in [0.15, 0.2) is 0 Å². The van der Waals surface area contributed by atoms with Crippen molar-refractivity contribution < 1.29 is 0 Å². The minimum atomic E-state index is 0.670. The van der Waals surface area contributed by atoms with E-state index in [9.17, 15) is 0 Å². The van der Waals surface area contributed by atoms with Crippen LogP contribution in [0, 0.1) is 11.8 Å². The van der Waals surface area contributed by atoms with E-state index in [1.165, 1.54) is 38.6 Å². The number of likely N-dealkylation sites (tertiary alicyclic amines) is 1. The minimum absolute atomic E-state index is 0.670. The van der Waals surface area contributed by atoms with Crippen molar-refractivity contribution in [2.45, 2.75) is 58.0 Å². The van der Waals surface area contributed by atoms with Gasteiger partial charge >= 0.3 is 0 Å². The van der Waals surface area contributed by atoms with Crippen LogP contribution >= 0.6 is 0 Å². The third-order valence-corrected chi connectivity index (χ3v) is 4.43. The van der Waals surface area contributed by atoms with Crippen molar-refractivity contribution in [3.8, 4) is 0 Å². The SMILES string of the molecule is CC1CCN(C2CCC(C)C2)C(CN)C1. The average Bonchev–Trinajstić information content (AvgIpc) is 2.64. The molecule has 2 rings (SSSR count). The van der Waals surface area contributed by atoms with Gasteiger partial charge in [0.1, 0.15) is 0 Å². The molecule has 2 nitrogen and oxygen atoms in total. The summed E-state index contributed by atoms with van der Waals surface area (Å²) in [5.74, 6) is 1.82. The molecule has 88 valence electrons. The Labute approximate surface area is 94.2 Å². The van der Waals surface area contributed by atoms with Crippen LogP contribution in [0.3, 0.4) is 0 Å². The predicted octanol–water partition coefficient (Wildman–Crippen LogP) is 2.23. The molecule has 0 amide bonds. The highest BCUT2D eigenvalue weighted by atomic mass is 15.2. The van der Waals surface area contributed by atoms with Crippen LogP contribution in [-0.4, -0.2) is 30.1 Å². The van der Waals surface area contributed by atoms with Crippen LogP contribution < -0.4 is 5.73 Å². The molecule has 1 aliphatic heterocycles. The Morgan fingerprint density at radius 3 is 2.40 bits per heavy atom. The van der Waals surface area contributed by atoms with Gasteiger partial charge in [-0.2, -0.15) is 0 Å². The number of nitrogens with zero attached hydrogens (tertiary/aromatic N) is 1. The number of piperidine rings is 1. The Bertz CT molecular complexity index is 203. The van der Waals surface area contributed by atoms with E-state index < -0.39 is 0 Å². The zero-order valence-corrected chi connectivity index (χ0v) is 10.3. The first kappa shape index (κ1) is 11.4. The van der Waals surface area contributed by atoms with Crippen molar-refractivity contribution in [2.24, 2.45) is 17.6 Å². The molecule has 0 aromatic carbocycles. The molecule has 15 heavy (non-hydrogen) atoms. The lowest BCUT2D eigenvalue weighted by atomic mass is 9.90. The summed E-state index contributed by atoms with van der Waals surface area (Å²) >= 11 is 0. The van der Waals surface area contributed by atoms with E-state index in [0.717, 1.165) is 24.4 Å². The van der Waals surface area contributed by atoms with Gasteiger partial charge in [0.05, 0.1) is 0 Å². The molecule has 1 saturated heterocycles. The van der Waals surface area contributed by atoms with Gasteiger partial charge in [-0.15, -0.1) is 0 Å². The lowest BCUT2D eigenvalue weighted by Gasteiger charge is -2.41. The van der Waals surface area contributed by atoms with Crippen molar-refractivity contribution in [1.82, 2.24) is 4.90 Å². The molecule has 1 saturated carbocycles. The Hall–Kier alpha value is -0.0800. The van der Waals surface area contributed by atoms with Gasteiger partial charge in [-0.25, -0.2) is 0 Å². The van der Waals surface area contributed by atoms with Crippen molar-refractivity contribution in [3.63, 3.8) is 0 Å². The summed E-state index contributed by atoms with van der Waals surface area (Å²) in [4.78, 5) is 2.73. The topological polar surface area (TPSA) is 29.3 Å². The number of hydrogen-bond donors (Lipinski definition) is 1. The highest BCUT2D eigenvalue weighted by Crippen LogP contribution is 2.33. The lowest BCUT2D eigenvalue weighted by Crippen LogP contribution is -2.50. The Balaban J connectivity index is 1.95. The van der Waals surface area contributed by atoms with Crippen LogP contribution in [0.15, 0.2) is 0 Å². The third kappa shape index (κ3) is 2.54. The first-order chi connectivity index (χ1) is 7.20. The smallest absolute Gasteiger partial charge is 0.0223 e. The highest BCUT2D eigenvalue weighted by molar-refractivity contribution is 4.89. The molecule has 0 spiro atoms. The predicted molar refractivity (Wildman–Crippen MR) is 64.7 cm³/mol. The largest absolute Gasteiger partial charge is 0.329 e. The van der Waals surface area contributed by atoms with Crippen LogP contribution in [0.4, 0.5) is 0 Å². The van der Waals surface area contributed by atoms with Gasteiger partial charge in [0.2, 0.25) is 0 Å². The van der Waals surface area contributed by atoms with Gasteiger partial charge < -0.3 is 5.73 Å². The summed E-state index contributed by atoms with van der Waals surface area (Å²) in [6.07, 6.45) is 6.94. The normalized spacial score (nSPS) is 43.4. The Kier molecular flexibility index (Phi) is 3.68. The minimum Gasteiger partial charge on any atom is -0.329 e. The second kappa shape index (κ2) is 4.84. The summed E-state index contributed by atoms with van der Waals surface area (Å²) in [6, 6.07) is 1.52. The van der Waals surface area contributed by atoms with Gasteiger partial charge in [0, 0.05) is 18.6 Å². The van der Waals surface area contributed by atoms with E-state index in [-0.39, 0.29) is 0 Å². The molecule has 2 fully saturated rings. The zero-order valence-electron chi connectivity index (χ0n) is 10.3. The van der Waals surface area contributed by atoms with E-state index >= 15 is 0 Å². The number of hydrogen-bond acceptors (Lipinski definition) is 2. The van der Waals surface area contributed by atoms with Gasteiger partial charge in [-0.05, 0) is 50.5 Å². The van der Waals surface area contributed by atoms with Crippen molar-refractivity contribution in [1.29, 1.82) is 0 Å². The number of nitrogens with two attached hydrogens (primary N) is 1. The first-order valence-electron chi connectivity index (χ1n) is 6.66. The maximum atomic E-state index is 5.92. The Morgan fingerprint density at radius 2 is 1.80 bits per heavy atom. The van der Waals surface area contributed by atoms with E-state index in [1.807, 2.05) is 0 Å². The maximum Gasteiger partial charge on any atom is 0.0223 e. The van der Waals surface area contributed by atoms with Crippen LogP contribution in [0.1, 0.15) is 46.0 Å². The summed E-state index contributed by atoms with van der Waals surface area (Å²) < 4.78 is 0. The standard InChI is InChI=1S/C13H26N2/c1-10-3-4-12(7-10)15-6-5-11(2)8-13(15)9-14/h10-13H,3-9,14H2,1-2H3. The number of rotatable bonds is 2. The molecular formula is C13H26N2. The van der Waals surface area contributed by atoms with Gasteiger partial charge in [-0.3, -0.25) is 4.90 Å². The molecular weight excluding hydrogens is 184 g/mol. The van der Waals surface area contributed by atoms with Crippen molar-refractivity contribution in [2.75, 3.05) is 13.1 Å². The summed E-state index contributed by atoms with van der Waals surface area (Å²) in [5, 5.41) is 0. The molecule has 0 aromatic heterocycles. The van der Waals surface area contributed by atoms with Gasteiger partial charge in [-0.1, -0.05) is 13.8 Å². The molecule has 2 heteroatoms. The third-order valence-electron chi connectivity index (χ3n) is 4.43. The average molecular weight is 210 g/mol.